The molecule has 1 amide bonds. The average molecular weight is 383 g/mol. The molecule has 0 saturated carbocycles. The first kappa shape index (κ1) is 19.1. The maximum atomic E-state index is 12.3. The van der Waals surface area contributed by atoms with Gasteiger partial charge in [0.05, 0.1) is 9.79 Å². The summed E-state index contributed by atoms with van der Waals surface area (Å²) in [5, 5.41) is 7.55. The maximum Gasteiger partial charge on any atom is 0.240 e. The van der Waals surface area contributed by atoms with E-state index in [2.05, 4.69) is 10.0 Å². The second-order valence-electron chi connectivity index (χ2n) is 5.22. The van der Waals surface area contributed by atoms with E-state index in [0.29, 0.717) is 11.3 Å². The molecule has 2 rings (SSSR count). The molecule has 0 aliphatic heterocycles. The molecule has 2 aromatic rings. The van der Waals surface area contributed by atoms with Crippen molar-refractivity contribution in [3.8, 4) is 0 Å². The topological polar surface area (TPSA) is 135 Å². The number of nitrogens with two attached hydrogens (primary N) is 1. The number of primary sulfonamides is 1. The van der Waals surface area contributed by atoms with Gasteiger partial charge in [-0.1, -0.05) is 12.1 Å². The first-order chi connectivity index (χ1) is 11.6. The molecule has 0 aliphatic rings. The van der Waals surface area contributed by atoms with Gasteiger partial charge < -0.3 is 5.32 Å². The number of hydrogen-bond donors (Lipinski definition) is 3. The number of benzene rings is 2. The summed E-state index contributed by atoms with van der Waals surface area (Å²) in [6.07, 6.45) is 0. The molecular formula is C15H17N3O5S2. The number of carbonyl (C=O) groups is 1. The van der Waals surface area contributed by atoms with Crippen LogP contribution in [0, 0.1) is 0 Å². The molecule has 0 aliphatic carbocycles. The van der Waals surface area contributed by atoms with Gasteiger partial charge in [-0.15, -0.1) is 0 Å². The lowest BCUT2D eigenvalue weighted by atomic mass is 10.2. The zero-order valence-electron chi connectivity index (χ0n) is 13.3. The Kier molecular flexibility index (Phi) is 5.58. The molecule has 10 heteroatoms. The molecule has 0 fully saturated rings. The number of nitrogens with one attached hydrogen (secondary N) is 2. The van der Waals surface area contributed by atoms with Crippen molar-refractivity contribution in [3.63, 3.8) is 0 Å². The van der Waals surface area contributed by atoms with Crippen molar-refractivity contribution in [2.45, 2.75) is 23.3 Å². The van der Waals surface area contributed by atoms with Crippen LogP contribution in [0.5, 0.6) is 0 Å². The van der Waals surface area contributed by atoms with E-state index in [9.17, 15) is 21.6 Å². The number of rotatable bonds is 6. The predicted molar refractivity (Wildman–Crippen MR) is 92.6 cm³/mol. The second kappa shape index (κ2) is 7.31. The summed E-state index contributed by atoms with van der Waals surface area (Å²) in [5.74, 6) is -0.253. The van der Waals surface area contributed by atoms with Gasteiger partial charge in [0.25, 0.3) is 0 Å². The second-order valence-corrected chi connectivity index (χ2v) is 8.55. The van der Waals surface area contributed by atoms with Gasteiger partial charge in [-0.2, -0.15) is 0 Å². The minimum absolute atomic E-state index is 0.0132. The fourth-order valence-corrected chi connectivity index (χ4v) is 3.51. The Morgan fingerprint density at radius 1 is 0.920 bits per heavy atom. The zero-order valence-corrected chi connectivity index (χ0v) is 14.9. The largest absolute Gasteiger partial charge is 0.326 e. The summed E-state index contributed by atoms with van der Waals surface area (Å²) in [6, 6.07) is 11.3. The van der Waals surface area contributed by atoms with Crippen LogP contribution in [0.2, 0.25) is 0 Å². The van der Waals surface area contributed by atoms with Crippen LogP contribution < -0.4 is 15.2 Å². The van der Waals surface area contributed by atoms with Crippen molar-refractivity contribution >= 4 is 31.6 Å². The molecule has 134 valence electrons. The zero-order chi connectivity index (χ0) is 18.7. The highest BCUT2D eigenvalue weighted by Gasteiger charge is 2.14. The van der Waals surface area contributed by atoms with Gasteiger partial charge in [-0.05, 0) is 42.0 Å². The Balaban J connectivity index is 2.07. The Morgan fingerprint density at radius 2 is 1.44 bits per heavy atom. The van der Waals surface area contributed by atoms with Crippen molar-refractivity contribution in [2.75, 3.05) is 5.32 Å². The molecule has 0 heterocycles. The van der Waals surface area contributed by atoms with Gasteiger partial charge in [0.15, 0.2) is 0 Å². The Labute approximate surface area is 146 Å². The van der Waals surface area contributed by atoms with E-state index < -0.39 is 20.0 Å². The number of carbonyl (C=O) groups excluding carboxylic acids is 1. The van der Waals surface area contributed by atoms with Crippen molar-refractivity contribution in [3.05, 3.63) is 54.1 Å². The molecule has 4 N–H and O–H groups in total. The highest BCUT2D eigenvalue weighted by atomic mass is 32.2. The number of amides is 1. The van der Waals surface area contributed by atoms with Gasteiger partial charge in [0.1, 0.15) is 0 Å². The molecule has 0 bridgehead atoms. The monoisotopic (exact) mass is 383 g/mol. The van der Waals surface area contributed by atoms with Gasteiger partial charge in [0.2, 0.25) is 26.0 Å². The molecule has 0 aromatic heterocycles. The van der Waals surface area contributed by atoms with Crippen LogP contribution in [0.4, 0.5) is 5.69 Å². The smallest absolute Gasteiger partial charge is 0.240 e. The van der Waals surface area contributed by atoms with E-state index in [1.165, 1.54) is 55.5 Å². The quantitative estimate of drug-likeness (QED) is 0.677. The molecule has 0 unspecified atom stereocenters. The van der Waals surface area contributed by atoms with Crippen LogP contribution in [0.1, 0.15) is 12.5 Å². The van der Waals surface area contributed by atoms with E-state index in [0.717, 1.165) is 0 Å². The molecule has 0 spiro atoms. The van der Waals surface area contributed by atoms with Crippen LogP contribution in [-0.4, -0.2) is 22.7 Å². The van der Waals surface area contributed by atoms with Gasteiger partial charge >= 0.3 is 0 Å². The summed E-state index contributed by atoms with van der Waals surface area (Å²) >= 11 is 0. The molecular weight excluding hydrogens is 366 g/mol. The third kappa shape index (κ3) is 5.36. The minimum Gasteiger partial charge on any atom is -0.326 e. The maximum absolute atomic E-state index is 12.3. The lowest BCUT2D eigenvalue weighted by Crippen LogP contribution is -2.23. The lowest BCUT2D eigenvalue weighted by molar-refractivity contribution is -0.114. The summed E-state index contributed by atoms with van der Waals surface area (Å²) < 4.78 is 49.3. The fraction of sp³-hybridized carbons (Fsp3) is 0.133. The van der Waals surface area contributed by atoms with E-state index in [4.69, 9.17) is 5.14 Å². The normalized spacial score (nSPS) is 11.9. The minimum atomic E-state index is -3.79. The van der Waals surface area contributed by atoms with Crippen molar-refractivity contribution in [1.82, 2.24) is 4.72 Å². The van der Waals surface area contributed by atoms with Crippen LogP contribution in [0.15, 0.2) is 58.3 Å². The summed E-state index contributed by atoms with van der Waals surface area (Å²) in [5.41, 5.74) is 1.07. The highest BCUT2D eigenvalue weighted by molar-refractivity contribution is 7.89. The molecule has 0 radical (unpaired) electrons. The van der Waals surface area contributed by atoms with E-state index >= 15 is 0 Å². The number of hydrogen-bond acceptors (Lipinski definition) is 5. The van der Waals surface area contributed by atoms with E-state index in [-0.39, 0.29) is 22.2 Å². The average Bonchev–Trinajstić information content (AvgIpc) is 2.52. The number of anilines is 1. The van der Waals surface area contributed by atoms with Crippen LogP contribution in [-0.2, 0) is 31.4 Å². The predicted octanol–water partition coefficient (Wildman–Crippen LogP) is 0.771. The van der Waals surface area contributed by atoms with Crippen LogP contribution in [0.3, 0.4) is 0 Å². The SMILES string of the molecule is CC(=O)Nc1ccc(S(=O)(=O)NCc2ccc(S(N)(=O)=O)cc2)cc1. The van der Waals surface area contributed by atoms with Crippen LogP contribution in [0.25, 0.3) is 0 Å². The standard InChI is InChI=1S/C15H17N3O5S2/c1-11(19)18-13-4-8-15(9-5-13)25(22,23)17-10-12-2-6-14(7-3-12)24(16,20)21/h2-9,17H,10H2,1H3,(H,18,19)(H2,16,20,21). The van der Waals surface area contributed by atoms with E-state index in [1.54, 1.807) is 0 Å². The third-order valence-electron chi connectivity index (χ3n) is 3.20. The van der Waals surface area contributed by atoms with Gasteiger partial charge in [0, 0.05) is 19.2 Å². The highest BCUT2D eigenvalue weighted by Crippen LogP contribution is 2.15. The molecule has 8 nitrogen and oxygen atoms in total. The van der Waals surface area contributed by atoms with Gasteiger partial charge in [-0.25, -0.2) is 26.7 Å². The van der Waals surface area contributed by atoms with E-state index in [1.807, 2.05) is 0 Å². The number of sulfonamides is 2. The Morgan fingerprint density at radius 3 is 1.92 bits per heavy atom. The Bertz CT molecular complexity index is 967. The lowest BCUT2D eigenvalue weighted by Gasteiger charge is -2.08. The van der Waals surface area contributed by atoms with Crippen molar-refractivity contribution < 1.29 is 21.6 Å². The van der Waals surface area contributed by atoms with Crippen molar-refractivity contribution in [2.24, 2.45) is 5.14 Å². The fourth-order valence-electron chi connectivity index (χ4n) is 1.98. The molecule has 25 heavy (non-hydrogen) atoms. The summed E-state index contributed by atoms with van der Waals surface area (Å²) in [6.45, 7) is 1.34. The first-order valence-electron chi connectivity index (χ1n) is 7.07. The molecule has 2 aromatic carbocycles. The molecule has 0 saturated heterocycles. The summed E-state index contributed by atoms with van der Waals surface area (Å²) in [4.78, 5) is 10.9. The van der Waals surface area contributed by atoms with Crippen molar-refractivity contribution in [1.29, 1.82) is 0 Å². The molecule has 0 atom stereocenters. The van der Waals surface area contributed by atoms with Gasteiger partial charge in [-0.3, -0.25) is 4.79 Å². The Hall–Kier alpha value is -2.27. The first-order valence-corrected chi connectivity index (χ1v) is 10.1. The summed E-state index contributed by atoms with van der Waals surface area (Å²) in [7, 11) is -7.54. The third-order valence-corrected chi connectivity index (χ3v) is 5.55. The van der Waals surface area contributed by atoms with Crippen LogP contribution >= 0.6 is 0 Å².